The molecule has 0 radical (unpaired) electrons. The Labute approximate surface area is 140 Å². The molecule has 0 aromatic rings. The summed E-state index contributed by atoms with van der Waals surface area (Å²) in [6.45, 7) is 4.15. The number of carbonyl (C=O) groups is 1. The van der Waals surface area contributed by atoms with Crippen LogP contribution < -0.4 is 0 Å². The Hall–Kier alpha value is -1.14. The highest BCUT2D eigenvalue weighted by molar-refractivity contribution is 14.1. The molecule has 1 atom stereocenters. The monoisotopic (exact) mass is 396 g/mol. The van der Waals surface area contributed by atoms with Gasteiger partial charge in [-0.05, 0) is 22.5 Å². The Bertz CT molecular complexity index is 532. The standard InChI is InChI=1S/C17H21IN2O/c1-3-4-5-6-7-8-17(2)9-14(13(11-19)12-20)15(10-18)16(17)21/h10H,3-9H2,1-2H3/b15-10-. The van der Waals surface area contributed by atoms with E-state index in [1.807, 2.05) is 41.7 Å². The predicted molar refractivity (Wildman–Crippen MR) is 91.5 cm³/mol. The summed E-state index contributed by atoms with van der Waals surface area (Å²) in [5, 5.41) is 18.1. The highest BCUT2D eigenvalue weighted by atomic mass is 127. The van der Waals surface area contributed by atoms with Crippen molar-refractivity contribution >= 4 is 28.4 Å². The van der Waals surface area contributed by atoms with Crippen molar-refractivity contribution in [3.8, 4) is 12.1 Å². The highest BCUT2D eigenvalue weighted by Gasteiger charge is 2.44. The van der Waals surface area contributed by atoms with Gasteiger partial charge in [0.15, 0.2) is 5.78 Å². The number of unbranched alkanes of at least 4 members (excludes halogenated alkanes) is 4. The van der Waals surface area contributed by atoms with Crippen molar-refractivity contribution in [1.29, 1.82) is 10.5 Å². The summed E-state index contributed by atoms with van der Waals surface area (Å²) in [6, 6.07) is 3.84. The van der Waals surface area contributed by atoms with Crippen LogP contribution in [0, 0.1) is 28.1 Å². The molecule has 112 valence electrons. The minimum Gasteiger partial charge on any atom is -0.294 e. The topological polar surface area (TPSA) is 64.7 Å². The zero-order chi connectivity index (χ0) is 15.9. The Morgan fingerprint density at radius 1 is 1.29 bits per heavy atom. The van der Waals surface area contributed by atoms with Gasteiger partial charge in [-0.1, -0.05) is 68.5 Å². The van der Waals surface area contributed by atoms with Crippen LogP contribution in [0.2, 0.25) is 0 Å². The summed E-state index contributed by atoms with van der Waals surface area (Å²) in [6.07, 6.45) is 7.17. The molecule has 0 bridgehead atoms. The molecule has 1 unspecified atom stereocenters. The third kappa shape index (κ3) is 4.17. The average Bonchev–Trinajstić information content (AvgIpc) is 2.72. The van der Waals surface area contributed by atoms with E-state index in [0.717, 1.165) is 19.3 Å². The fourth-order valence-electron chi connectivity index (χ4n) is 2.85. The van der Waals surface area contributed by atoms with E-state index >= 15 is 0 Å². The maximum Gasteiger partial charge on any atom is 0.169 e. The molecular formula is C17H21IN2O. The molecule has 0 amide bonds. The van der Waals surface area contributed by atoms with Crippen molar-refractivity contribution < 1.29 is 4.79 Å². The minimum absolute atomic E-state index is 0.0842. The number of hydrogen-bond acceptors (Lipinski definition) is 3. The molecule has 1 saturated carbocycles. The van der Waals surface area contributed by atoms with E-state index in [1.54, 1.807) is 4.08 Å². The van der Waals surface area contributed by atoms with Crippen LogP contribution in [0.4, 0.5) is 0 Å². The Morgan fingerprint density at radius 3 is 2.43 bits per heavy atom. The summed E-state index contributed by atoms with van der Waals surface area (Å²) >= 11 is 2.02. The van der Waals surface area contributed by atoms with E-state index in [9.17, 15) is 4.79 Å². The average molecular weight is 396 g/mol. The SMILES string of the molecule is CCCCCCCC1(C)CC(=C(C#N)C#N)/C(=C/I)C1=O. The number of Topliss-reactive ketones (excluding diaryl/α,β-unsaturated/α-hetero) is 1. The van der Waals surface area contributed by atoms with Crippen LogP contribution in [-0.4, -0.2) is 5.78 Å². The van der Waals surface area contributed by atoms with Crippen molar-refractivity contribution in [2.75, 3.05) is 0 Å². The number of nitriles is 2. The number of ketones is 1. The molecule has 0 heterocycles. The summed E-state index contributed by atoms with van der Waals surface area (Å²) in [7, 11) is 0. The molecule has 1 rings (SSSR count). The van der Waals surface area contributed by atoms with Crippen LogP contribution in [-0.2, 0) is 4.79 Å². The molecule has 0 aromatic heterocycles. The van der Waals surface area contributed by atoms with Gasteiger partial charge in [0.05, 0.1) is 0 Å². The predicted octanol–water partition coefficient (Wildman–Crippen LogP) is 4.99. The largest absolute Gasteiger partial charge is 0.294 e. The van der Waals surface area contributed by atoms with Gasteiger partial charge in [0, 0.05) is 11.0 Å². The quantitative estimate of drug-likeness (QED) is 0.275. The van der Waals surface area contributed by atoms with Crippen molar-refractivity contribution in [1.82, 2.24) is 0 Å². The minimum atomic E-state index is -0.447. The van der Waals surface area contributed by atoms with Crippen LogP contribution in [0.1, 0.15) is 58.8 Å². The molecule has 4 heteroatoms. The van der Waals surface area contributed by atoms with Gasteiger partial charge in [0.1, 0.15) is 17.7 Å². The molecule has 3 nitrogen and oxygen atoms in total. The number of carbonyl (C=O) groups excluding carboxylic acids is 1. The lowest BCUT2D eigenvalue weighted by Gasteiger charge is -2.20. The number of allylic oxidation sites excluding steroid dienone is 3. The fourth-order valence-corrected chi connectivity index (χ4v) is 3.51. The van der Waals surface area contributed by atoms with Gasteiger partial charge in [0.25, 0.3) is 0 Å². The molecule has 0 spiro atoms. The molecule has 0 aliphatic heterocycles. The maximum absolute atomic E-state index is 12.6. The van der Waals surface area contributed by atoms with Crippen molar-refractivity contribution in [2.24, 2.45) is 5.41 Å². The summed E-state index contributed by atoms with van der Waals surface area (Å²) < 4.78 is 1.71. The summed E-state index contributed by atoms with van der Waals surface area (Å²) in [5.74, 6) is 0.0883. The van der Waals surface area contributed by atoms with E-state index in [2.05, 4.69) is 6.92 Å². The first-order chi connectivity index (χ1) is 10.0. The first kappa shape index (κ1) is 17.9. The number of nitrogens with zero attached hydrogens (tertiary/aromatic N) is 2. The molecule has 0 aromatic carbocycles. The van der Waals surface area contributed by atoms with E-state index in [1.165, 1.54) is 19.3 Å². The van der Waals surface area contributed by atoms with Crippen LogP contribution in [0.5, 0.6) is 0 Å². The highest BCUT2D eigenvalue weighted by Crippen LogP contribution is 2.46. The summed E-state index contributed by atoms with van der Waals surface area (Å²) in [4.78, 5) is 12.6. The Balaban J connectivity index is 2.87. The lowest BCUT2D eigenvalue weighted by Crippen LogP contribution is -2.22. The van der Waals surface area contributed by atoms with E-state index in [0.29, 0.717) is 17.6 Å². The molecule has 1 fully saturated rings. The second-order valence-corrected chi connectivity index (χ2v) is 6.45. The zero-order valence-electron chi connectivity index (χ0n) is 12.7. The molecule has 1 aliphatic carbocycles. The van der Waals surface area contributed by atoms with Crippen molar-refractivity contribution in [2.45, 2.75) is 58.8 Å². The molecule has 0 saturated heterocycles. The van der Waals surface area contributed by atoms with Gasteiger partial charge in [-0.3, -0.25) is 4.79 Å². The third-order valence-corrected chi connectivity index (χ3v) is 4.77. The lowest BCUT2D eigenvalue weighted by atomic mass is 9.81. The number of hydrogen-bond donors (Lipinski definition) is 0. The summed E-state index contributed by atoms with van der Waals surface area (Å²) in [5.41, 5.74) is 0.832. The van der Waals surface area contributed by atoms with Crippen molar-refractivity contribution in [3.05, 3.63) is 20.8 Å². The lowest BCUT2D eigenvalue weighted by molar-refractivity contribution is -0.122. The second-order valence-electron chi connectivity index (χ2n) is 5.83. The van der Waals surface area contributed by atoms with Gasteiger partial charge in [0.2, 0.25) is 0 Å². The first-order valence-corrected chi connectivity index (χ1v) is 8.67. The Kier molecular flexibility index (Phi) is 7.11. The van der Waals surface area contributed by atoms with Gasteiger partial charge in [-0.25, -0.2) is 0 Å². The van der Waals surface area contributed by atoms with Crippen LogP contribution >= 0.6 is 22.6 Å². The normalized spacial score (nSPS) is 23.2. The Morgan fingerprint density at radius 2 is 1.90 bits per heavy atom. The molecular weight excluding hydrogens is 375 g/mol. The maximum atomic E-state index is 12.6. The second kappa shape index (κ2) is 8.34. The third-order valence-electron chi connectivity index (χ3n) is 4.15. The first-order valence-electron chi connectivity index (χ1n) is 7.43. The van der Waals surface area contributed by atoms with Gasteiger partial charge < -0.3 is 0 Å². The molecule has 0 N–H and O–H groups in total. The fraction of sp³-hybridized carbons (Fsp3) is 0.588. The van der Waals surface area contributed by atoms with E-state index in [4.69, 9.17) is 10.5 Å². The van der Waals surface area contributed by atoms with Gasteiger partial charge in [-0.2, -0.15) is 10.5 Å². The van der Waals surface area contributed by atoms with Crippen LogP contribution in [0.3, 0.4) is 0 Å². The van der Waals surface area contributed by atoms with E-state index < -0.39 is 5.41 Å². The smallest absolute Gasteiger partial charge is 0.169 e. The number of halogens is 1. The van der Waals surface area contributed by atoms with Crippen molar-refractivity contribution in [3.63, 3.8) is 0 Å². The molecule has 21 heavy (non-hydrogen) atoms. The van der Waals surface area contributed by atoms with Gasteiger partial charge in [-0.15, -0.1) is 0 Å². The molecule has 1 aliphatic rings. The zero-order valence-corrected chi connectivity index (χ0v) is 14.9. The van der Waals surface area contributed by atoms with Gasteiger partial charge >= 0.3 is 0 Å². The van der Waals surface area contributed by atoms with Crippen LogP contribution in [0.25, 0.3) is 0 Å². The number of rotatable bonds is 6. The van der Waals surface area contributed by atoms with E-state index in [-0.39, 0.29) is 11.4 Å². The van der Waals surface area contributed by atoms with Crippen LogP contribution in [0.15, 0.2) is 20.8 Å².